The van der Waals surface area contributed by atoms with Crippen molar-refractivity contribution < 1.29 is 9.47 Å². The number of nitrogens with zero attached hydrogens (tertiary/aromatic N) is 1. The van der Waals surface area contributed by atoms with Crippen LogP contribution in [0.25, 0.3) is 0 Å². The minimum absolute atomic E-state index is 0.459. The molecule has 0 amide bonds. The van der Waals surface area contributed by atoms with Gasteiger partial charge in [0.1, 0.15) is 0 Å². The maximum Gasteiger partial charge on any atom is 0.246 e. The van der Waals surface area contributed by atoms with Gasteiger partial charge in [0.25, 0.3) is 0 Å². The lowest BCUT2D eigenvalue weighted by molar-refractivity contribution is -0.0431. The second kappa shape index (κ2) is 5.41. The highest BCUT2D eigenvalue weighted by Crippen LogP contribution is 2.40. The second-order valence-corrected chi connectivity index (χ2v) is 6.86. The molecule has 1 aromatic carbocycles. The average Bonchev–Trinajstić information content (AvgIpc) is 2.72. The molecule has 4 heteroatoms. The minimum atomic E-state index is -0.557. The number of fused-ring (bicyclic) bond motifs is 1. The van der Waals surface area contributed by atoms with E-state index in [1.807, 2.05) is 26.0 Å². The number of rotatable bonds is 3. The molecule has 0 aromatic heterocycles. The molecular formula is C17H26N2O2. The van der Waals surface area contributed by atoms with Gasteiger partial charge in [0, 0.05) is 38.2 Å². The number of hydrogen-bond donors (Lipinski definition) is 1. The first-order valence-electron chi connectivity index (χ1n) is 7.90. The van der Waals surface area contributed by atoms with Gasteiger partial charge < -0.3 is 19.7 Å². The van der Waals surface area contributed by atoms with Crippen LogP contribution in [0.3, 0.4) is 0 Å². The van der Waals surface area contributed by atoms with E-state index >= 15 is 0 Å². The average molecular weight is 290 g/mol. The van der Waals surface area contributed by atoms with Crippen molar-refractivity contribution in [3.63, 3.8) is 0 Å². The number of hydrogen-bond acceptors (Lipinski definition) is 4. The molecule has 2 aliphatic rings. The van der Waals surface area contributed by atoms with Gasteiger partial charge in [-0.05, 0) is 51.4 Å². The van der Waals surface area contributed by atoms with Crippen molar-refractivity contribution in [1.82, 2.24) is 4.90 Å². The quantitative estimate of drug-likeness (QED) is 0.926. The lowest BCUT2D eigenvalue weighted by Crippen LogP contribution is -2.39. The number of ether oxygens (including phenoxy) is 2. The van der Waals surface area contributed by atoms with Crippen LogP contribution in [0.1, 0.15) is 33.6 Å². The first-order chi connectivity index (χ1) is 9.93. The second-order valence-electron chi connectivity index (χ2n) is 6.86. The Morgan fingerprint density at radius 2 is 2.05 bits per heavy atom. The van der Waals surface area contributed by atoms with Gasteiger partial charge >= 0.3 is 0 Å². The monoisotopic (exact) mass is 290 g/mol. The summed E-state index contributed by atoms with van der Waals surface area (Å²) in [5.41, 5.74) is 1.11. The molecule has 2 aliphatic heterocycles. The zero-order valence-corrected chi connectivity index (χ0v) is 13.5. The zero-order chi connectivity index (χ0) is 15.0. The number of anilines is 1. The van der Waals surface area contributed by atoms with Gasteiger partial charge in [-0.15, -0.1) is 0 Å². The van der Waals surface area contributed by atoms with Crippen LogP contribution < -0.4 is 14.8 Å². The van der Waals surface area contributed by atoms with Crippen molar-refractivity contribution in [1.29, 1.82) is 0 Å². The molecule has 2 unspecified atom stereocenters. The van der Waals surface area contributed by atoms with E-state index in [9.17, 15) is 0 Å². The summed E-state index contributed by atoms with van der Waals surface area (Å²) in [7, 11) is 2.21. The Morgan fingerprint density at radius 3 is 2.81 bits per heavy atom. The van der Waals surface area contributed by atoms with Crippen molar-refractivity contribution >= 4 is 5.69 Å². The Morgan fingerprint density at radius 1 is 1.29 bits per heavy atom. The maximum absolute atomic E-state index is 5.81. The van der Waals surface area contributed by atoms with Gasteiger partial charge in [-0.3, -0.25) is 0 Å². The number of piperidine rings is 1. The summed E-state index contributed by atoms with van der Waals surface area (Å²) in [6, 6.07) is 6.58. The summed E-state index contributed by atoms with van der Waals surface area (Å²) in [5.74, 6) is 1.80. The van der Waals surface area contributed by atoms with Gasteiger partial charge in [-0.1, -0.05) is 0 Å². The fourth-order valence-corrected chi connectivity index (χ4v) is 3.31. The lowest BCUT2D eigenvalue weighted by Gasteiger charge is -2.34. The van der Waals surface area contributed by atoms with Gasteiger partial charge in [0.05, 0.1) is 0 Å². The van der Waals surface area contributed by atoms with Crippen molar-refractivity contribution in [2.45, 2.75) is 45.4 Å². The SMILES string of the molecule is CC(Nc1ccc2c(c1)OC(C)(C)O2)C1CCCN(C)C1. The Balaban J connectivity index is 1.66. The number of nitrogens with one attached hydrogen (secondary N) is 1. The van der Waals surface area contributed by atoms with E-state index in [1.165, 1.54) is 25.9 Å². The number of likely N-dealkylation sites (tertiary alicyclic amines) is 1. The third kappa shape index (κ3) is 3.26. The van der Waals surface area contributed by atoms with Crippen LogP contribution in [-0.2, 0) is 0 Å². The molecule has 1 aromatic rings. The van der Waals surface area contributed by atoms with Crippen LogP contribution >= 0.6 is 0 Å². The van der Waals surface area contributed by atoms with E-state index < -0.39 is 5.79 Å². The van der Waals surface area contributed by atoms with Crippen LogP contribution in [0, 0.1) is 5.92 Å². The third-order valence-electron chi connectivity index (χ3n) is 4.42. The van der Waals surface area contributed by atoms with Crippen molar-refractivity contribution in [2.24, 2.45) is 5.92 Å². The molecule has 2 atom stereocenters. The van der Waals surface area contributed by atoms with Crippen LogP contribution in [0.5, 0.6) is 11.5 Å². The van der Waals surface area contributed by atoms with Crippen molar-refractivity contribution in [3.05, 3.63) is 18.2 Å². The van der Waals surface area contributed by atoms with E-state index in [2.05, 4.69) is 30.3 Å². The fourth-order valence-electron chi connectivity index (χ4n) is 3.31. The molecule has 116 valence electrons. The summed E-state index contributed by atoms with van der Waals surface area (Å²) < 4.78 is 11.5. The smallest absolute Gasteiger partial charge is 0.246 e. The molecule has 21 heavy (non-hydrogen) atoms. The first-order valence-corrected chi connectivity index (χ1v) is 7.90. The van der Waals surface area contributed by atoms with Gasteiger partial charge in [-0.2, -0.15) is 0 Å². The number of benzene rings is 1. The zero-order valence-electron chi connectivity index (χ0n) is 13.5. The van der Waals surface area contributed by atoms with Gasteiger partial charge in [0.15, 0.2) is 11.5 Å². The summed E-state index contributed by atoms with van der Waals surface area (Å²) >= 11 is 0. The fraction of sp³-hybridized carbons (Fsp3) is 0.647. The Kier molecular flexibility index (Phi) is 3.74. The molecular weight excluding hydrogens is 264 g/mol. The highest BCUT2D eigenvalue weighted by atomic mass is 16.7. The molecule has 1 fully saturated rings. The van der Waals surface area contributed by atoms with E-state index in [0.717, 1.165) is 17.2 Å². The molecule has 0 radical (unpaired) electrons. The van der Waals surface area contributed by atoms with E-state index in [1.54, 1.807) is 0 Å². The van der Waals surface area contributed by atoms with Gasteiger partial charge in [-0.25, -0.2) is 0 Å². The lowest BCUT2D eigenvalue weighted by atomic mass is 9.92. The molecule has 4 nitrogen and oxygen atoms in total. The Bertz CT molecular complexity index is 516. The molecule has 2 heterocycles. The van der Waals surface area contributed by atoms with Crippen molar-refractivity contribution in [3.8, 4) is 11.5 Å². The highest BCUT2D eigenvalue weighted by molar-refractivity contribution is 5.56. The van der Waals surface area contributed by atoms with E-state index in [0.29, 0.717) is 12.0 Å². The Hall–Kier alpha value is -1.42. The molecule has 0 aliphatic carbocycles. The molecule has 0 saturated carbocycles. The normalized spacial score (nSPS) is 25.6. The molecule has 0 spiro atoms. The van der Waals surface area contributed by atoms with Crippen LogP contribution in [-0.4, -0.2) is 36.9 Å². The molecule has 3 rings (SSSR count). The predicted molar refractivity (Wildman–Crippen MR) is 85.1 cm³/mol. The summed E-state index contributed by atoms with van der Waals surface area (Å²) in [6.07, 6.45) is 2.60. The highest BCUT2D eigenvalue weighted by Gasteiger charge is 2.32. The topological polar surface area (TPSA) is 33.7 Å². The minimum Gasteiger partial charge on any atom is -0.449 e. The summed E-state index contributed by atoms with van der Waals surface area (Å²) in [4.78, 5) is 2.43. The first kappa shape index (κ1) is 14.5. The molecule has 0 bridgehead atoms. The Labute approximate surface area is 127 Å². The predicted octanol–water partition coefficient (Wildman–Crippen LogP) is 3.34. The van der Waals surface area contributed by atoms with Crippen molar-refractivity contribution in [2.75, 3.05) is 25.5 Å². The van der Waals surface area contributed by atoms with Gasteiger partial charge in [0.2, 0.25) is 5.79 Å². The van der Waals surface area contributed by atoms with Crippen LogP contribution in [0.4, 0.5) is 5.69 Å². The third-order valence-corrected chi connectivity index (χ3v) is 4.42. The standard InChI is InChI=1S/C17H26N2O2/c1-12(13-6-5-9-19(4)11-13)18-14-7-8-15-16(10-14)21-17(2,3)20-15/h7-8,10,12-13,18H,5-6,9,11H2,1-4H3. The summed E-state index contributed by atoms with van der Waals surface area (Å²) in [5, 5.41) is 3.63. The summed E-state index contributed by atoms with van der Waals surface area (Å²) in [6.45, 7) is 8.54. The largest absolute Gasteiger partial charge is 0.449 e. The van der Waals surface area contributed by atoms with Crippen LogP contribution in [0.15, 0.2) is 18.2 Å². The molecule has 1 N–H and O–H groups in total. The molecule has 1 saturated heterocycles. The maximum atomic E-state index is 5.81. The van der Waals surface area contributed by atoms with Crippen LogP contribution in [0.2, 0.25) is 0 Å². The van der Waals surface area contributed by atoms with E-state index in [4.69, 9.17) is 9.47 Å². The van der Waals surface area contributed by atoms with E-state index in [-0.39, 0.29) is 0 Å².